The SMILES string of the molecule is CCOC(=O)/C(C#N)=C\C=C(C(=C=[N-])C#N)c1ccccc1. The quantitative estimate of drug-likeness (QED) is 0.274. The molecule has 0 saturated carbocycles. The number of rotatable bonds is 5. The summed E-state index contributed by atoms with van der Waals surface area (Å²) in [6.45, 7) is 1.79. The molecule has 0 aliphatic carbocycles. The van der Waals surface area contributed by atoms with E-state index < -0.39 is 5.97 Å². The number of esters is 1. The van der Waals surface area contributed by atoms with Crippen LogP contribution >= 0.6 is 0 Å². The lowest BCUT2D eigenvalue weighted by atomic mass is 9.98. The van der Waals surface area contributed by atoms with Crippen molar-refractivity contribution >= 4 is 17.4 Å². The molecule has 0 heterocycles. The van der Waals surface area contributed by atoms with Crippen molar-refractivity contribution in [2.24, 2.45) is 0 Å². The number of allylic oxidation sites excluding steroid dienone is 4. The minimum Gasteiger partial charge on any atom is -0.762 e. The van der Waals surface area contributed by atoms with Gasteiger partial charge in [-0.2, -0.15) is 10.5 Å². The summed E-state index contributed by atoms with van der Waals surface area (Å²) in [7, 11) is 0. The third-order valence-corrected chi connectivity index (χ3v) is 2.61. The van der Waals surface area contributed by atoms with Crippen molar-refractivity contribution in [2.45, 2.75) is 6.92 Å². The molecule has 0 fully saturated rings. The molecule has 0 bridgehead atoms. The van der Waals surface area contributed by atoms with Crippen LogP contribution in [0.1, 0.15) is 12.5 Å². The maximum absolute atomic E-state index is 11.6. The summed E-state index contributed by atoms with van der Waals surface area (Å²) < 4.78 is 4.75. The molecular formula is C17H12N3O2-. The smallest absolute Gasteiger partial charge is 0.348 e. The normalized spacial score (nSPS) is 10.9. The molecule has 1 aromatic carbocycles. The van der Waals surface area contributed by atoms with Crippen molar-refractivity contribution in [2.75, 3.05) is 6.61 Å². The van der Waals surface area contributed by atoms with Gasteiger partial charge in [-0.1, -0.05) is 36.4 Å². The van der Waals surface area contributed by atoms with Gasteiger partial charge in [0.1, 0.15) is 17.7 Å². The summed E-state index contributed by atoms with van der Waals surface area (Å²) in [6.07, 6.45) is 2.64. The number of nitrogens with zero attached hydrogens (tertiary/aromatic N) is 3. The topological polar surface area (TPSA) is 96.2 Å². The Labute approximate surface area is 128 Å². The monoisotopic (exact) mass is 290 g/mol. The van der Waals surface area contributed by atoms with Crippen molar-refractivity contribution in [3.05, 3.63) is 64.6 Å². The maximum Gasteiger partial charge on any atom is 0.348 e. The fraction of sp³-hybridized carbons (Fsp3) is 0.118. The first kappa shape index (κ1) is 16.7. The van der Waals surface area contributed by atoms with Gasteiger partial charge < -0.3 is 10.1 Å². The van der Waals surface area contributed by atoms with E-state index in [1.807, 2.05) is 0 Å². The number of carbonyl (C=O) groups is 1. The van der Waals surface area contributed by atoms with E-state index in [-0.39, 0.29) is 17.8 Å². The van der Waals surface area contributed by atoms with Gasteiger partial charge in [0.05, 0.1) is 12.2 Å². The van der Waals surface area contributed by atoms with Crippen molar-refractivity contribution < 1.29 is 9.53 Å². The van der Waals surface area contributed by atoms with E-state index in [4.69, 9.17) is 20.7 Å². The van der Waals surface area contributed by atoms with Gasteiger partial charge in [0, 0.05) is 5.57 Å². The van der Waals surface area contributed by atoms with Gasteiger partial charge >= 0.3 is 5.97 Å². The van der Waals surface area contributed by atoms with Crippen LogP contribution < -0.4 is 0 Å². The molecule has 1 aromatic rings. The van der Waals surface area contributed by atoms with E-state index >= 15 is 0 Å². The maximum atomic E-state index is 11.6. The molecule has 5 nitrogen and oxygen atoms in total. The molecule has 5 heteroatoms. The second-order valence-electron chi connectivity index (χ2n) is 3.96. The van der Waals surface area contributed by atoms with Crippen molar-refractivity contribution in [1.29, 1.82) is 10.5 Å². The molecule has 0 spiro atoms. The molecule has 0 aromatic heterocycles. The van der Waals surface area contributed by atoms with Crippen LogP contribution in [0.25, 0.3) is 11.0 Å². The van der Waals surface area contributed by atoms with Crippen LogP contribution in [0.15, 0.2) is 53.6 Å². The van der Waals surface area contributed by atoms with E-state index in [0.717, 1.165) is 0 Å². The standard InChI is InChI=1S/C17H12N3O2/c1-2-22-17(21)14(10-18)8-9-16(15(11-19)12-20)13-6-4-3-5-7-13/h3-9H,2H2,1H3/q-1/b14-8-,16-9?. The number of benzene rings is 1. The number of hydrogen-bond acceptors (Lipinski definition) is 4. The van der Waals surface area contributed by atoms with E-state index in [1.165, 1.54) is 12.2 Å². The average molecular weight is 290 g/mol. The number of ether oxygens (including phenoxy) is 1. The van der Waals surface area contributed by atoms with Gasteiger partial charge in [-0.3, -0.25) is 0 Å². The second-order valence-corrected chi connectivity index (χ2v) is 3.96. The number of nitriles is 2. The molecule has 0 aliphatic rings. The first-order chi connectivity index (χ1) is 10.7. The average Bonchev–Trinajstić information content (AvgIpc) is 2.55. The fourth-order valence-electron chi connectivity index (χ4n) is 1.61. The predicted molar refractivity (Wildman–Crippen MR) is 82.2 cm³/mol. The van der Waals surface area contributed by atoms with E-state index in [9.17, 15) is 4.79 Å². The molecule has 0 amide bonds. The first-order valence-electron chi connectivity index (χ1n) is 6.40. The Morgan fingerprint density at radius 1 is 1.23 bits per heavy atom. The Hall–Kier alpha value is -3.40. The minimum atomic E-state index is -0.746. The van der Waals surface area contributed by atoms with Crippen molar-refractivity contribution in [3.8, 4) is 12.1 Å². The molecule has 0 atom stereocenters. The molecular weight excluding hydrogens is 278 g/mol. The third-order valence-electron chi connectivity index (χ3n) is 2.61. The molecule has 0 unspecified atom stereocenters. The van der Waals surface area contributed by atoms with Crippen LogP contribution in [-0.2, 0) is 9.53 Å². The summed E-state index contributed by atoms with van der Waals surface area (Å²) in [4.78, 5) is 11.6. The molecule has 0 N–H and O–H groups in total. The Morgan fingerprint density at radius 2 is 1.91 bits per heavy atom. The van der Waals surface area contributed by atoms with Crippen LogP contribution in [0.3, 0.4) is 0 Å². The zero-order valence-electron chi connectivity index (χ0n) is 11.9. The second kappa shape index (κ2) is 8.71. The van der Waals surface area contributed by atoms with Crippen LogP contribution in [0.2, 0.25) is 0 Å². The van der Waals surface area contributed by atoms with Gasteiger partial charge in [0.2, 0.25) is 0 Å². The molecule has 108 valence electrons. The number of carbonyl (C=O) groups excluding carboxylic acids is 1. The van der Waals surface area contributed by atoms with Crippen LogP contribution in [0.4, 0.5) is 0 Å². The lowest BCUT2D eigenvalue weighted by molar-refractivity contribution is -0.138. The highest BCUT2D eigenvalue weighted by molar-refractivity contribution is 5.96. The first-order valence-corrected chi connectivity index (χ1v) is 6.40. The van der Waals surface area contributed by atoms with Crippen LogP contribution in [0, 0.1) is 22.7 Å². The van der Waals surface area contributed by atoms with Crippen molar-refractivity contribution in [3.63, 3.8) is 0 Å². The zero-order valence-corrected chi connectivity index (χ0v) is 11.9. The zero-order chi connectivity index (χ0) is 16.4. The Kier molecular flexibility index (Phi) is 6.59. The highest BCUT2D eigenvalue weighted by atomic mass is 16.5. The molecule has 0 aliphatic heterocycles. The van der Waals surface area contributed by atoms with Gasteiger partial charge in [-0.05, 0) is 18.6 Å². The molecule has 0 radical (unpaired) electrons. The highest BCUT2D eigenvalue weighted by Crippen LogP contribution is 2.21. The van der Waals surface area contributed by atoms with Gasteiger partial charge in [0.15, 0.2) is 0 Å². The lowest BCUT2D eigenvalue weighted by Gasteiger charge is -2.05. The molecule has 1 rings (SSSR count). The van der Waals surface area contributed by atoms with Crippen LogP contribution in [0.5, 0.6) is 0 Å². The lowest BCUT2D eigenvalue weighted by Crippen LogP contribution is -2.05. The van der Waals surface area contributed by atoms with Crippen LogP contribution in [-0.4, -0.2) is 18.4 Å². The Bertz CT molecular complexity index is 740. The third kappa shape index (κ3) is 4.31. The van der Waals surface area contributed by atoms with Gasteiger partial charge in [-0.15, -0.1) is 0 Å². The predicted octanol–water partition coefficient (Wildman–Crippen LogP) is 2.77. The summed E-state index contributed by atoms with van der Waals surface area (Å²) in [6, 6.07) is 12.3. The molecule has 22 heavy (non-hydrogen) atoms. The summed E-state index contributed by atoms with van der Waals surface area (Å²) in [5, 5.41) is 27.1. The summed E-state index contributed by atoms with van der Waals surface area (Å²) >= 11 is 0. The Morgan fingerprint density at radius 3 is 2.41 bits per heavy atom. The Balaban J connectivity index is 3.35. The minimum absolute atomic E-state index is 0.108. The van der Waals surface area contributed by atoms with E-state index in [2.05, 4.69) is 0 Å². The van der Waals surface area contributed by atoms with Gasteiger partial charge in [0.25, 0.3) is 0 Å². The van der Waals surface area contributed by atoms with E-state index in [1.54, 1.807) is 55.3 Å². The van der Waals surface area contributed by atoms with Gasteiger partial charge in [-0.25, -0.2) is 10.7 Å². The van der Waals surface area contributed by atoms with E-state index in [0.29, 0.717) is 11.1 Å². The number of hydrogen-bond donors (Lipinski definition) is 0. The summed E-state index contributed by atoms with van der Waals surface area (Å²) in [5.41, 5.74) is 0.662. The summed E-state index contributed by atoms with van der Waals surface area (Å²) in [5.74, 6) is 1.06. The largest absolute Gasteiger partial charge is 0.762 e. The molecule has 0 saturated heterocycles. The fourth-order valence-corrected chi connectivity index (χ4v) is 1.61. The highest BCUT2D eigenvalue weighted by Gasteiger charge is 2.10. The van der Waals surface area contributed by atoms with Crippen molar-refractivity contribution in [1.82, 2.24) is 0 Å².